The van der Waals surface area contributed by atoms with Crippen molar-refractivity contribution in [3.8, 4) is 11.5 Å². The van der Waals surface area contributed by atoms with Gasteiger partial charge in [-0.3, -0.25) is 19.2 Å². The fourth-order valence-electron chi connectivity index (χ4n) is 3.52. The van der Waals surface area contributed by atoms with Crippen molar-refractivity contribution in [2.24, 2.45) is 0 Å². The summed E-state index contributed by atoms with van der Waals surface area (Å²) in [4.78, 5) is 23.6. The summed E-state index contributed by atoms with van der Waals surface area (Å²) >= 11 is 0. The van der Waals surface area contributed by atoms with Gasteiger partial charge in [0.15, 0.2) is 0 Å². The SMILES string of the molecule is Cc1ccc([N+](=O)[O-])cc1NC(=O)CN(c1ccc(Oc2ccccc2)cc1)S(=O)(=O)c1ccccc1. The second-order valence-electron chi connectivity index (χ2n) is 8.04. The molecular weight excluding hydrogens is 494 g/mol. The second-order valence-corrected chi connectivity index (χ2v) is 9.90. The maximum Gasteiger partial charge on any atom is 0.271 e. The number of amides is 1. The molecule has 0 bridgehead atoms. The summed E-state index contributed by atoms with van der Waals surface area (Å²) in [5, 5.41) is 13.7. The molecule has 37 heavy (non-hydrogen) atoms. The first kappa shape index (κ1) is 25.4. The van der Waals surface area contributed by atoms with Crippen LogP contribution in [-0.2, 0) is 14.8 Å². The van der Waals surface area contributed by atoms with Crippen LogP contribution >= 0.6 is 0 Å². The Morgan fingerprint density at radius 1 is 0.892 bits per heavy atom. The van der Waals surface area contributed by atoms with Crippen LogP contribution in [0.1, 0.15) is 5.56 Å². The minimum Gasteiger partial charge on any atom is -0.457 e. The number of nitrogens with one attached hydrogen (secondary N) is 1. The molecular formula is C27H23N3O6S. The van der Waals surface area contributed by atoms with Crippen molar-refractivity contribution < 1.29 is 22.9 Å². The number of nitrogens with zero attached hydrogens (tertiary/aromatic N) is 2. The van der Waals surface area contributed by atoms with Crippen LogP contribution in [0.15, 0.2) is 108 Å². The van der Waals surface area contributed by atoms with Crippen molar-refractivity contribution in [2.75, 3.05) is 16.2 Å². The third kappa shape index (κ3) is 6.11. The van der Waals surface area contributed by atoms with Crippen LogP contribution in [0.3, 0.4) is 0 Å². The number of sulfonamides is 1. The van der Waals surface area contributed by atoms with E-state index in [1.54, 1.807) is 61.5 Å². The molecule has 0 radical (unpaired) electrons. The number of nitro benzene ring substituents is 1. The van der Waals surface area contributed by atoms with E-state index in [0.29, 0.717) is 17.1 Å². The Balaban J connectivity index is 1.63. The van der Waals surface area contributed by atoms with E-state index in [2.05, 4.69) is 5.32 Å². The second kappa shape index (κ2) is 10.9. The summed E-state index contributed by atoms with van der Waals surface area (Å²) in [6.07, 6.45) is 0. The van der Waals surface area contributed by atoms with Crippen molar-refractivity contribution in [1.82, 2.24) is 0 Å². The van der Waals surface area contributed by atoms with Gasteiger partial charge in [0.2, 0.25) is 5.91 Å². The first-order chi connectivity index (χ1) is 17.7. The highest BCUT2D eigenvalue weighted by Crippen LogP contribution is 2.28. The highest BCUT2D eigenvalue weighted by molar-refractivity contribution is 7.92. The van der Waals surface area contributed by atoms with E-state index >= 15 is 0 Å². The van der Waals surface area contributed by atoms with E-state index in [9.17, 15) is 23.3 Å². The van der Waals surface area contributed by atoms with Crippen molar-refractivity contribution >= 4 is 33.0 Å². The Hall–Kier alpha value is -4.70. The Morgan fingerprint density at radius 2 is 1.49 bits per heavy atom. The van der Waals surface area contributed by atoms with E-state index in [4.69, 9.17) is 4.74 Å². The van der Waals surface area contributed by atoms with E-state index < -0.39 is 27.4 Å². The minimum atomic E-state index is -4.12. The maximum absolute atomic E-state index is 13.5. The lowest BCUT2D eigenvalue weighted by Gasteiger charge is -2.24. The predicted octanol–water partition coefficient (Wildman–Crippen LogP) is 5.53. The van der Waals surface area contributed by atoms with Crippen molar-refractivity contribution in [3.63, 3.8) is 0 Å². The largest absolute Gasteiger partial charge is 0.457 e. The van der Waals surface area contributed by atoms with E-state index in [0.717, 1.165) is 4.31 Å². The summed E-state index contributed by atoms with van der Waals surface area (Å²) in [6.45, 7) is 1.13. The molecule has 0 aliphatic carbocycles. The average molecular weight is 518 g/mol. The molecule has 10 heteroatoms. The van der Waals surface area contributed by atoms with Crippen LogP contribution in [0.25, 0.3) is 0 Å². The number of hydrogen-bond acceptors (Lipinski definition) is 6. The number of non-ortho nitro benzene ring substituents is 1. The van der Waals surface area contributed by atoms with Gasteiger partial charge in [-0.15, -0.1) is 0 Å². The normalized spacial score (nSPS) is 10.9. The number of para-hydroxylation sites is 1. The Morgan fingerprint density at radius 3 is 2.11 bits per heavy atom. The Labute approximate surface area is 214 Å². The fraction of sp³-hybridized carbons (Fsp3) is 0.0741. The molecule has 4 rings (SSSR count). The maximum atomic E-state index is 13.5. The lowest BCUT2D eigenvalue weighted by Crippen LogP contribution is -2.38. The van der Waals surface area contributed by atoms with Crippen LogP contribution < -0.4 is 14.4 Å². The highest BCUT2D eigenvalue weighted by Gasteiger charge is 2.27. The molecule has 0 spiro atoms. The molecule has 4 aromatic carbocycles. The summed E-state index contributed by atoms with van der Waals surface area (Å²) < 4.78 is 33.8. The summed E-state index contributed by atoms with van der Waals surface area (Å²) in [7, 11) is -4.12. The number of rotatable bonds is 9. The first-order valence-electron chi connectivity index (χ1n) is 11.2. The number of ether oxygens (including phenoxy) is 1. The van der Waals surface area contributed by atoms with Gasteiger partial charge in [0, 0.05) is 12.1 Å². The first-order valence-corrected chi connectivity index (χ1v) is 12.6. The number of carbonyl (C=O) groups is 1. The highest BCUT2D eigenvalue weighted by atomic mass is 32.2. The number of nitro groups is 1. The van der Waals surface area contributed by atoms with Gasteiger partial charge in [0.05, 0.1) is 21.2 Å². The molecule has 0 aliphatic heterocycles. The molecule has 0 atom stereocenters. The van der Waals surface area contributed by atoms with Gasteiger partial charge in [0.25, 0.3) is 15.7 Å². The molecule has 9 nitrogen and oxygen atoms in total. The summed E-state index contributed by atoms with van der Waals surface area (Å²) in [6, 6.07) is 27.3. The third-order valence-corrected chi connectivity index (χ3v) is 7.22. The molecule has 0 aromatic heterocycles. The average Bonchev–Trinajstić information content (AvgIpc) is 2.90. The molecule has 0 fully saturated rings. The van der Waals surface area contributed by atoms with Crippen molar-refractivity contribution in [3.05, 3.63) is 119 Å². The lowest BCUT2D eigenvalue weighted by atomic mass is 10.2. The zero-order chi connectivity index (χ0) is 26.4. The number of anilines is 2. The van der Waals surface area contributed by atoms with E-state index in [1.165, 1.54) is 30.3 Å². The number of aryl methyl sites for hydroxylation is 1. The zero-order valence-corrected chi connectivity index (χ0v) is 20.6. The zero-order valence-electron chi connectivity index (χ0n) is 19.8. The number of benzene rings is 4. The molecule has 0 saturated heterocycles. The van der Waals surface area contributed by atoms with E-state index in [-0.39, 0.29) is 22.0 Å². The van der Waals surface area contributed by atoms with Crippen LogP contribution in [-0.4, -0.2) is 25.8 Å². The van der Waals surface area contributed by atoms with Gasteiger partial charge < -0.3 is 10.1 Å². The van der Waals surface area contributed by atoms with Gasteiger partial charge in [-0.25, -0.2) is 8.42 Å². The molecule has 4 aromatic rings. The van der Waals surface area contributed by atoms with E-state index in [1.807, 2.05) is 18.2 Å². The van der Waals surface area contributed by atoms with Crippen molar-refractivity contribution in [1.29, 1.82) is 0 Å². The smallest absolute Gasteiger partial charge is 0.271 e. The molecule has 0 heterocycles. The topological polar surface area (TPSA) is 119 Å². The van der Waals surface area contributed by atoms with Crippen LogP contribution in [0, 0.1) is 17.0 Å². The Bertz CT molecular complexity index is 1510. The standard InChI is InChI=1S/C27H23N3O6S/c1-20-12-13-22(30(32)33)18-26(20)28-27(31)19-29(37(34,35)25-10-6-3-7-11-25)21-14-16-24(17-15-21)36-23-8-4-2-5-9-23/h2-18H,19H2,1H3,(H,28,31). The summed E-state index contributed by atoms with van der Waals surface area (Å²) in [5.74, 6) is 0.451. The lowest BCUT2D eigenvalue weighted by molar-refractivity contribution is -0.384. The predicted molar refractivity (Wildman–Crippen MR) is 140 cm³/mol. The molecule has 0 aliphatic rings. The van der Waals surface area contributed by atoms with Gasteiger partial charge in [-0.1, -0.05) is 42.5 Å². The quantitative estimate of drug-likeness (QED) is 0.230. The molecule has 1 N–H and O–H groups in total. The molecule has 1 amide bonds. The van der Waals surface area contributed by atoms with Crippen LogP contribution in [0.2, 0.25) is 0 Å². The van der Waals surface area contributed by atoms with Gasteiger partial charge >= 0.3 is 0 Å². The van der Waals surface area contributed by atoms with Gasteiger partial charge in [-0.2, -0.15) is 0 Å². The van der Waals surface area contributed by atoms with Crippen LogP contribution in [0.4, 0.5) is 17.1 Å². The third-order valence-electron chi connectivity index (χ3n) is 5.43. The van der Waals surface area contributed by atoms with Crippen molar-refractivity contribution in [2.45, 2.75) is 11.8 Å². The fourth-order valence-corrected chi connectivity index (χ4v) is 4.96. The van der Waals surface area contributed by atoms with Gasteiger partial charge in [-0.05, 0) is 61.0 Å². The monoisotopic (exact) mass is 517 g/mol. The molecule has 0 unspecified atom stereocenters. The number of hydrogen-bond donors (Lipinski definition) is 1. The minimum absolute atomic E-state index is 0.0129. The molecule has 188 valence electrons. The molecule has 0 saturated carbocycles. The van der Waals surface area contributed by atoms with Gasteiger partial charge in [0.1, 0.15) is 18.0 Å². The number of carbonyl (C=O) groups excluding carboxylic acids is 1. The van der Waals surface area contributed by atoms with Crippen LogP contribution in [0.5, 0.6) is 11.5 Å². The summed E-state index contributed by atoms with van der Waals surface area (Å²) in [5.41, 5.74) is 0.876. The Kier molecular flexibility index (Phi) is 7.49.